The molecule has 3 nitrogen and oxygen atoms in total. The number of carbonyl (C=O) groups is 1. The van der Waals surface area contributed by atoms with Crippen LogP contribution >= 0.6 is 11.3 Å². The molecule has 0 radical (unpaired) electrons. The van der Waals surface area contributed by atoms with E-state index in [1.54, 1.807) is 4.90 Å². The first-order valence-corrected chi connectivity index (χ1v) is 10.5. The number of hydrogen-bond acceptors (Lipinski definition) is 3. The van der Waals surface area contributed by atoms with Gasteiger partial charge in [-0.15, -0.1) is 11.3 Å². The number of rotatable bonds is 4. The van der Waals surface area contributed by atoms with Gasteiger partial charge in [-0.2, -0.15) is 0 Å². The van der Waals surface area contributed by atoms with Crippen molar-refractivity contribution in [3.8, 4) is 0 Å². The summed E-state index contributed by atoms with van der Waals surface area (Å²) in [6, 6.07) is 13.3. The summed E-state index contributed by atoms with van der Waals surface area (Å²) >= 11 is 1.85. The molecule has 138 valence electrons. The van der Waals surface area contributed by atoms with Gasteiger partial charge in [-0.3, -0.25) is 9.69 Å². The highest BCUT2D eigenvalue weighted by molar-refractivity contribution is 7.09. The number of carbonyl (C=O) groups excluding carboxylic acids is 1. The lowest BCUT2D eigenvalue weighted by molar-refractivity contribution is -0.129. The van der Waals surface area contributed by atoms with E-state index in [0.29, 0.717) is 12.3 Å². The smallest absolute Gasteiger partial charge is 0.222 e. The average molecular weight is 369 g/mol. The van der Waals surface area contributed by atoms with E-state index in [1.165, 1.54) is 28.8 Å². The van der Waals surface area contributed by atoms with Crippen LogP contribution in [0.2, 0.25) is 0 Å². The van der Waals surface area contributed by atoms with Gasteiger partial charge in [0.25, 0.3) is 0 Å². The van der Waals surface area contributed by atoms with Crippen LogP contribution in [0.3, 0.4) is 0 Å². The molecule has 2 aromatic rings. The van der Waals surface area contributed by atoms with E-state index >= 15 is 0 Å². The fourth-order valence-corrected chi connectivity index (χ4v) is 5.58. The molecule has 1 aromatic heterocycles. The molecule has 1 atom stereocenters. The molecule has 2 aliphatic rings. The Morgan fingerprint density at radius 1 is 1.19 bits per heavy atom. The highest BCUT2D eigenvalue weighted by Gasteiger charge is 2.45. The lowest BCUT2D eigenvalue weighted by Crippen LogP contribution is -2.41. The number of fused-ring (bicyclic) bond motifs is 2. The molecule has 1 aliphatic carbocycles. The van der Waals surface area contributed by atoms with Crippen LogP contribution in [0.15, 0.2) is 41.8 Å². The summed E-state index contributed by atoms with van der Waals surface area (Å²) in [6.07, 6.45) is 4.20. The first-order valence-electron chi connectivity index (χ1n) is 9.62. The molecule has 1 spiro atoms. The van der Waals surface area contributed by atoms with Crippen LogP contribution in [0.5, 0.6) is 0 Å². The summed E-state index contributed by atoms with van der Waals surface area (Å²) < 4.78 is 0. The standard InChI is InChI=1S/C22H28N2OS/c1-23(2)21(25)14-17-15-22(20-8-4-3-7-19(17)20)9-11-24(12-10-22)16-18-6-5-13-26-18/h3-8,13,17H,9-12,14-16H2,1-2H3/t17-/m1/s1. The predicted molar refractivity (Wildman–Crippen MR) is 108 cm³/mol. The summed E-state index contributed by atoms with van der Waals surface area (Å²) in [5, 5.41) is 2.17. The van der Waals surface area contributed by atoms with Crippen molar-refractivity contribution in [3.63, 3.8) is 0 Å². The number of hydrogen-bond donors (Lipinski definition) is 0. The third-order valence-corrected chi connectivity index (χ3v) is 7.16. The van der Waals surface area contributed by atoms with Crippen LogP contribution in [0.4, 0.5) is 0 Å². The van der Waals surface area contributed by atoms with Crippen molar-refractivity contribution >= 4 is 17.2 Å². The SMILES string of the molecule is CN(C)C(=O)C[C@@H]1CC2(CCN(Cc3cccs3)CC2)c2ccccc21. The minimum atomic E-state index is 0.247. The lowest BCUT2D eigenvalue weighted by Gasteiger charge is -2.40. The molecule has 2 heterocycles. The Bertz CT molecular complexity index is 760. The Morgan fingerprint density at radius 3 is 2.65 bits per heavy atom. The lowest BCUT2D eigenvalue weighted by atomic mass is 9.73. The van der Waals surface area contributed by atoms with E-state index in [4.69, 9.17) is 0 Å². The van der Waals surface area contributed by atoms with E-state index in [2.05, 4.69) is 46.7 Å². The molecule has 0 N–H and O–H groups in total. The molecule has 26 heavy (non-hydrogen) atoms. The Labute approximate surface area is 160 Å². The first-order chi connectivity index (χ1) is 12.6. The molecule has 4 rings (SSSR count). The number of benzene rings is 1. The van der Waals surface area contributed by atoms with Crippen LogP contribution in [0.1, 0.15) is 47.6 Å². The number of piperidine rings is 1. The van der Waals surface area contributed by atoms with Crippen LogP contribution in [0.25, 0.3) is 0 Å². The average Bonchev–Trinajstić information content (AvgIpc) is 3.25. The minimum absolute atomic E-state index is 0.247. The van der Waals surface area contributed by atoms with Gasteiger partial charge in [-0.1, -0.05) is 30.3 Å². The monoisotopic (exact) mass is 368 g/mol. The summed E-state index contributed by atoms with van der Waals surface area (Å²) in [4.78, 5) is 18.1. The van der Waals surface area contributed by atoms with Gasteiger partial charge in [0.05, 0.1) is 0 Å². The fraction of sp³-hybridized carbons (Fsp3) is 0.500. The number of likely N-dealkylation sites (tertiary alicyclic amines) is 1. The first kappa shape index (κ1) is 17.7. The van der Waals surface area contributed by atoms with Crippen LogP contribution in [-0.2, 0) is 16.8 Å². The molecule has 1 aliphatic heterocycles. The van der Waals surface area contributed by atoms with Crippen LogP contribution in [-0.4, -0.2) is 42.9 Å². The maximum atomic E-state index is 12.3. The summed E-state index contributed by atoms with van der Waals surface area (Å²) in [5.74, 6) is 0.627. The zero-order valence-corrected chi connectivity index (χ0v) is 16.6. The zero-order valence-electron chi connectivity index (χ0n) is 15.8. The summed E-state index contributed by atoms with van der Waals surface area (Å²) in [7, 11) is 3.73. The molecular formula is C22H28N2OS. The molecule has 1 fully saturated rings. The van der Waals surface area contributed by atoms with Crippen molar-refractivity contribution in [1.29, 1.82) is 0 Å². The van der Waals surface area contributed by atoms with Gasteiger partial charge in [-0.25, -0.2) is 0 Å². The molecule has 0 saturated carbocycles. The van der Waals surface area contributed by atoms with Gasteiger partial charge in [-0.05, 0) is 66.3 Å². The van der Waals surface area contributed by atoms with Crippen molar-refractivity contribution in [3.05, 3.63) is 57.8 Å². The van der Waals surface area contributed by atoms with Crippen molar-refractivity contribution in [2.24, 2.45) is 0 Å². The van der Waals surface area contributed by atoms with Crippen molar-refractivity contribution in [2.75, 3.05) is 27.2 Å². The van der Waals surface area contributed by atoms with Crippen LogP contribution < -0.4 is 0 Å². The van der Waals surface area contributed by atoms with Gasteiger partial charge in [0.1, 0.15) is 0 Å². The highest BCUT2D eigenvalue weighted by Crippen LogP contribution is 2.52. The zero-order chi connectivity index (χ0) is 18.1. The molecule has 4 heteroatoms. The maximum Gasteiger partial charge on any atom is 0.222 e. The highest BCUT2D eigenvalue weighted by atomic mass is 32.1. The number of nitrogens with zero attached hydrogens (tertiary/aromatic N) is 2. The Balaban J connectivity index is 1.49. The second-order valence-corrected chi connectivity index (χ2v) is 9.15. The summed E-state index contributed by atoms with van der Waals surface area (Å²) in [5.41, 5.74) is 3.22. The van der Waals surface area contributed by atoms with Gasteiger partial charge >= 0.3 is 0 Å². The number of thiophene rings is 1. The Morgan fingerprint density at radius 2 is 1.96 bits per heavy atom. The minimum Gasteiger partial charge on any atom is -0.349 e. The second-order valence-electron chi connectivity index (χ2n) is 8.12. The predicted octanol–water partition coefficient (Wildman–Crippen LogP) is 4.25. The van der Waals surface area contributed by atoms with Crippen molar-refractivity contribution in [1.82, 2.24) is 9.80 Å². The van der Waals surface area contributed by atoms with Crippen molar-refractivity contribution < 1.29 is 4.79 Å². The topological polar surface area (TPSA) is 23.6 Å². The van der Waals surface area contributed by atoms with E-state index in [9.17, 15) is 4.79 Å². The third-order valence-electron chi connectivity index (χ3n) is 6.30. The van der Waals surface area contributed by atoms with E-state index in [-0.39, 0.29) is 11.3 Å². The van der Waals surface area contributed by atoms with Gasteiger partial charge in [0.2, 0.25) is 5.91 Å². The summed E-state index contributed by atoms with van der Waals surface area (Å²) in [6.45, 7) is 3.39. The third kappa shape index (κ3) is 3.33. The molecule has 1 saturated heterocycles. The largest absolute Gasteiger partial charge is 0.349 e. The molecular weight excluding hydrogens is 340 g/mol. The normalized spacial score (nSPS) is 21.7. The molecule has 1 aromatic carbocycles. The molecule has 1 amide bonds. The quantitative estimate of drug-likeness (QED) is 0.805. The van der Waals surface area contributed by atoms with Gasteiger partial charge < -0.3 is 4.90 Å². The van der Waals surface area contributed by atoms with E-state index in [1.807, 2.05) is 25.4 Å². The number of amides is 1. The molecule has 0 bridgehead atoms. The fourth-order valence-electron chi connectivity index (χ4n) is 4.84. The maximum absolute atomic E-state index is 12.3. The van der Waals surface area contributed by atoms with E-state index in [0.717, 1.165) is 26.1 Å². The van der Waals surface area contributed by atoms with E-state index < -0.39 is 0 Å². The van der Waals surface area contributed by atoms with Gasteiger partial charge in [0.15, 0.2) is 0 Å². The Hall–Kier alpha value is -1.65. The van der Waals surface area contributed by atoms with Gasteiger partial charge in [0, 0.05) is 31.9 Å². The van der Waals surface area contributed by atoms with Crippen LogP contribution in [0, 0.1) is 0 Å². The second kappa shape index (κ2) is 7.16. The Kier molecular flexibility index (Phi) is 4.89. The van der Waals surface area contributed by atoms with Crippen molar-refractivity contribution in [2.45, 2.75) is 43.6 Å². The molecule has 0 unspecified atom stereocenters.